The van der Waals surface area contributed by atoms with Gasteiger partial charge in [-0.25, -0.2) is 4.98 Å². The highest BCUT2D eigenvalue weighted by atomic mass is 127. The van der Waals surface area contributed by atoms with Crippen molar-refractivity contribution in [1.29, 1.82) is 0 Å². The van der Waals surface area contributed by atoms with Gasteiger partial charge in [0.1, 0.15) is 23.0 Å². The van der Waals surface area contributed by atoms with Crippen molar-refractivity contribution >= 4 is 23.0 Å². The number of nitrogens with zero attached hydrogens (tertiary/aromatic N) is 3. The third-order valence-corrected chi connectivity index (χ3v) is 3.52. The monoisotopic (exact) mass is 439 g/mol. The second kappa shape index (κ2) is 6.35. The minimum atomic E-state index is -0.221. The van der Waals surface area contributed by atoms with Gasteiger partial charge in [-0.15, -0.1) is 0 Å². The number of hydrogen-bond donors (Lipinski definition) is 4. The summed E-state index contributed by atoms with van der Waals surface area (Å²) in [5.74, 6) is -0.463. The second-order valence-electron chi connectivity index (χ2n) is 4.75. The number of benzene rings is 2. The van der Waals surface area contributed by atoms with Crippen LogP contribution in [0.3, 0.4) is 0 Å². The molecule has 0 amide bonds. The lowest BCUT2D eigenvalue weighted by Gasteiger charge is -2.08. The van der Waals surface area contributed by atoms with Crippen LogP contribution in [0.5, 0.6) is 29.0 Å². The summed E-state index contributed by atoms with van der Waals surface area (Å²) in [7, 11) is 0. The van der Waals surface area contributed by atoms with Crippen LogP contribution in [0.15, 0.2) is 36.4 Å². The predicted octanol–water partition coefficient (Wildman–Crippen LogP) is 2.76. The number of phenolic OH excluding ortho intramolecular Hbond substituents is 4. The average Bonchev–Trinajstić information content (AvgIpc) is 2.54. The molecule has 0 atom stereocenters. The van der Waals surface area contributed by atoms with Gasteiger partial charge in [-0.2, -0.15) is 9.97 Å². The molecule has 24 heavy (non-hydrogen) atoms. The van der Waals surface area contributed by atoms with Gasteiger partial charge in [-0.1, -0.05) is 0 Å². The zero-order chi connectivity index (χ0) is 17.3. The lowest BCUT2D eigenvalue weighted by Crippen LogP contribution is -1.99. The van der Waals surface area contributed by atoms with Gasteiger partial charge in [-0.3, -0.25) is 0 Å². The first kappa shape index (κ1) is 16.1. The highest BCUT2D eigenvalue weighted by Crippen LogP contribution is 2.34. The molecule has 0 unspecified atom stereocenters. The van der Waals surface area contributed by atoms with Crippen LogP contribution in [0, 0.1) is 0 Å². The smallest absolute Gasteiger partial charge is 0.330 e. The van der Waals surface area contributed by atoms with Gasteiger partial charge in [0.25, 0.3) is 0 Å². The van der Waals surface area contributed by atoms with E-state index in [4.69, 9.17) is 3.07 Å². The molecule has 0 aliphatic heterocycles. The number of phenols is 4. The van der Waals surface area contributed by atoms with Crippen molar-refractivity contribution in [1.82, 2.24) is 15.0 Å². The summed E-state index contributed by atoms with van der Waals surface area (Å²) >= 11 is 1.60. The SMILES string of the molecule is Oc1ccc(-c2nc(OI)nc(-c3ccc(O)cc3O)n2)c(O)c1. The molecule has 122 valence electrons. The van der Waals surface area contributed by atoms with Crippen LogP contribution in [-0.4, -0.2) is 35.4 Å². The molecule has 1 heterocycles. The minimum Gasteiger partial charge on any atom is -0.508 e. The zero-order valence-corrected chi connectivity index (χ0v) is 14.0. The molecule has 0 radical (unpaired) electrons. The maximum atomic E-state index is 9.98. The van der Waals surface area contributed by atoms with Crippen molar-refractivity contribution in [2.75, 3.05) is 0 Å². The molecule has 0 fully saturated rings. The molecule has 0 bridgehead atoms. The Morgan fingerprint density at radius 3 is 1.54 bits per heavy atom. The first-order chi connectivity index (χ1) is 11.5. The number of halogens is 1. The summed E-state index contributed by atoms with van der Waals surface area (Å²) in [4.78, 5) is 12.3. The fourth-order valence-corrected chi connectivity index (χ4v) is 2.25. The van der Waals surface area contributed by atoms with Gasteiger partial charge in [0, 0.05) is 12.1 Å². The zero-order valence-electron chi connectivity index (χ0n) is 11.9. The Bertz CT molecular complexity index is 850. The fraction of sp³-hybridized carbons (Fsp3) is 0. The predicted molar refractivity (Wildman–Crippen MR) is 92.0 cm³/mol. The standard InChI is InChI=1S/C15H10IN3O5/c16-24-15-18-13(9-3-1-7(20)5-11(9)22)17-14(19-15)10-4-2-8(21)6-12(10)23/h1-6,20-23H. The van der Waals surface area contributed by atoms with Crippen molar-refractivity contribution in [2.45, 2.75) is 0 Å². The molecule has 0 aliphatic carbocycles. The number of rotatable bonds is 3. The molecule has 4 N–H and O–H groups in total. The number of hydrogen-bond acceptors (Lipinski definition) is 8. The lowest BCUT2D eigenvalue weighted by atomic mass is 10.1. The number of aromatic hydroxyl groups is 4. The molecule has 9 heteroatoms. The average molecular weight is 439 g/mol. The Morgan fingerprint density at radius 2 is 1.17 bits per heavy atom. The Hall–Kier alpha value is -2.82. The molecular weight excluding hydrogens is 429 g/mol. The van der Waals surface area contributed by atoms with Crippen LogP contribution in [0.1, 0.15) is 0 Å². The minimum absolute atomic E-state index is 0.0319. The van der Waals surface area contributed by atoms with E-state index in [1.807, 2.05) is 0 Å². The second-order valence-corrected chi connectivity index (χ2v) is 5.19. The van der Waals surface area contributed by atoms with Gasteiger partial charge in [0.05, 0.1) is 11.1 Å². The molecule has 3 aromatic rings. The van der Waals surface area contributed by atoms with Crippen LogP contribution in [0.25, 0.3) is 22.8 Å². The van der Waals surface area contributed by atoms with Crippen molar-refractivity contribution in [3.8, 4) is 51.8 Å². The van der Waals surface area contributed by atoms with Crippen molar-refractivity contribution in [2.24, 2.45) is 0 Å². The van der Waals surface area contributed by atoms with E-state index in [1.54, 1.807) is 23.0 Å². The third-order valence-electron chi connectivity index (χ3n) is 3.13. The van der Waals surface area contributed by atoms with Gasteiger partial charge in [0.2, 0.25) is 0 Å². The topological polar surface area (TPSA) is 129 Å². The van der Waals surface area contributed by atoms with Crippen molar-refractivity contribution in [3.63, 3.8) is 0 Å². The van der Waals surface area contributed by atoms with Gasteiger partial charge < -0.3 is 23.5 Å². The first-order valence-electron chi connectivity index (χ1n) is 6.57. The normalized spacial score (nSPS) is 10.5. The molecule has 8 nitrogen and oxygen atoms in total. The summed E-state index contributed by atoms with van der Waals surface area (Å²) in [6, 6.07) is 7.91. The maximum Gasteiger partial charge on any atom is 0.330 e. The van der Waals surface area contributed by atoms with Gasteiger partial charge >= 0.3 is 6.01 Å². The van der Waals surface area contributed by atoms with E-state index in [2.05, 4.69) is 15.0 Å². The first-order valence-corrected chi connectivity index (χ1v) is 7.45. The van der Waals surface area contributed by atoms with E-state index in [-0.39, 0.29) is 51.8 Å². The quantitative estimate of drug-likeness (QED) is 0.459. The number of aromatic nitrogens is 3. The van der Waals surface area contributed by atoms with E-state index in [0.29, 0.717) is 0 Å². The van der Waals surface area contributed by atoms with Gasteiger partial charge in [-0.05, 0) is 24.3 Å². The van der Waals surface area contributed by atoms with E-state index < -0.39 is 0 Å². The Labute approximate surface area is 149 Å². The lowest BCUT2D eigenvalue weighted by molar-refractivity contribution is 0.451. The van der Waals surface area contributed by atoms with E-state index in [1.165, 1.54) is 24.3 Å². The van der Waals surface area contributed by atoms with Crippen LogP contribution in [0.4, 0.5) is 0 Å². The molecule has 1 aromatic heterocycles. The van der Waals surface area contributed by atoms with Crippen LogP contribution in [-0.2, 0) is 0 Å². The Balaban J connectivity index is 2.18. The summed E-state index contributed by atoms with van der Waals surface area (Å²) in [5, 5.41) is 38.7. The largest absolute Gasteiger partial charge is 0.508 e. The Morgan fingerprint density at radius 1 is 0.708 bits per heavy atom. The van der Waals surface area contributed by atoms with Crippen molar-refractivity contribution in [3.05, 3.63) is 36.4 Å². The van der Waals surface area contributed by atoms with Crippen molar-refractivity contribution < 1.29 is 23.5 Å². The summed E-state index contributed by atoms with van der Waals surface area (Å²) < 4.78 is 5.01. The molecule has 2 aromatic carbocycles. The van der Waals surface area contributed by atoms with Crippen LogP contribution in [0.2, 0.25) is 0 Å². The summed E-state index contributed by atoms with van der Waals surface area (Å²) in [5.41, 5.74) is 0.508. The van der Waals surface area contributed by atoms with Gasteiger partial charge in [0.15, 0.2) is 34.7 Å². The van der Waals surface area contributed by atoms with E-state index in [0.717, 1.165) is 12.1 Å². The molecule has 0 aliphatic rings. The Kier molecular flexibility index (Phi) is 4.25. The van der Waals surface area contributed by atoms with Crippen LogP contribution >= 0.6 is 23.0 Å². The molecule has 3 rings (SSSR count). The highest BCUT2D eigenvalue weighted by Gasteiger charge is 2.16. The highest BCUT2D eigenvalue weighted by molar-refractivity contribution is 14.1. The third kappa shape index (κ3) is 3.11. The molecular formula is C15H10IN3O5. The summed E-state index contributed by atoms with van der Waals surface area (Å²) in [6.07, 6.45) is 0. The maximum absolute atomic E-state index is 9.98. The molecule has 0 saturated heterocycles. The van der Waals surface area contributed by atoms with Crippen LogP contribution < -0.4 is 3.07 Å². The summed E-state index contributed by atoms with van der Waals surface area (Å²) in [6.45, 7) is 0. The van der Waals surface area contributed by atoms with E-state index >= 15 is 0 Å². The molecule has 0 spiro atoms. The fourth-order valence-electron chi connectivity index (χ4n) is 2.05. The molecule has 0 saturated carbocycles. The van der Waals surface area contributed by atoms with E-state index in [9.17, 15) is 20.4 Å².